The Morgan fingerprint density at radius 3 is 1.63 bits per heavy atom. The minimum atomic E-state index is 0.663. The van der Waals surface area contributed by atoms with Gasteiger partial charge < -0.3 is 4.57 Å². The standard InChI is InChI=1S/C51H30N4S2/c1-3-12-31(13-4-1)49-52-50(32-14-5-2-6-15-32)54-51(53-49)39-18-11-21-46-48(39)41-28-33(23-26-45(41)56-46)34-22-25-38-40-30-35(24-27-44(40)57-47(38)29-34)55-42-19-9-7-16-36(42)37-17-8-10-20-43(37)55/h1-30H. The predicted octanol–water partition coefficient (Wildman–Crippen LogP) is 14.4. The summed E-state index contributed by atoms with van der Waals surface area (Å²) in [6.07, 6.45) is 0. The number of benzene rings is 8. The van der Waals surface area contributed by atoms with Crippen LogP contribution in [0.5, 0.6) is 0 Å². The van der Waals surface area contributed by atoms with E-state index in [1.165, 1.54) is 79.0 Å². The lowest BCUT2D eigenvalue weighted by atomic mass is 9.99. The van der Waals surface area contributed by atoms with Crippen LogP contribution in [0.25, 0.3) is 113 Å². The van der Waals surface area contributed by atoms with E-state index in [4.69, 9.17) is 15.0 Å². The number of hydrogen-bond acceptors (Lipinski definition) is 5. The summed E-state index contributed by atoms with van der Waals surface area (Å²) in [5.41, 5.74) is 8.95. The van der Waals surface area contributed by atoms with Gasteiger partial charge in [-0.2, -0.15) is 0 Å². The Kier molecular flexibility index (Phi) is 7.24. The molecule has 4 heterocycles. The third-order valence-corrected chi connectivity index (χ3v) is 13.3. The molecule has 0 atom stereocenters. The molecule has 0 bridgehead atoms. The second-order valence-electron chi connectivity index (χ2n) is 14.4. The molecule has 0 saturated heterocycles. The molecule has 0 aliphatic carbocycles. The third-order valence-electron chi connectivity index (χ3n) is 11.1. The summed E-state index contributed by atoms with van der Waals surface area (Å²) in [5, 5.41) is 7.49. The molecule has 12 rings (SSSR count). The number of thiophene rings is 2. The molecule has 0 aliphatic rings. The summed E-state index contributed by atoms with van der Waals surface area (Å²) in [7, 11) is 0. The monoisotopic (exact) mass is 762 g/mol. The average molecular weight is 763 g/mol. The zero-order valence-electron chi connectivity index (χ0n) is 30.4. The van der Waals surface area contributed by atoms with Gasteiger partial charge in [0.15, 0.2) is 17.5 Å². The molecule has 0 unspecified atom stereocenters. The number of hydrogen-bond donors (Lipinski definition) is 0. The van der Waals surface area contributed by atoms with Crippen molar-refractivity contribution in [3.63, 3.8) is 0 Å². The van der Waals surface area contributed by atoms with Gasteiger partial charge in [-0.3, -0.25) is 0 Å². The van der Waals surface area contributed by atoms with Gasteiger partial charge >= 0.3 is 0 Å². The van der Waals surface area contributed by atoms with Gasteiger partial charge in [0.2, 0.25) is 0 Å². The van der Waals surface area contributed by atoms with Crippen molar-refractivity contribution in [1.82, 2.24) is 19.5 Å². The van der Waals surface area contributed by atoms with Gasteiger partial charge in [-0.05, 0) is 65.7 Å². The number of para-hydroxylation sites is 2. The SMILES string of the molecule is c1ccc(-c2nc(-c3ccccc3)nc(-c3cccc4sc5ccc(-c6ccc7c(c6)sc6ccc(-n8c9ccccc9c9ccccc98)cc67)cc5c34)n2)cc1. The van der Waals surface area contributed by atoms with Gasteiger partial charge in [-0.25, -0.2) is 15.0 Å². The van der Waals surface area contributed by atoms with Crippen molar-refractivity contribution in [2.24, 2.45) is 0 Å². The summed E-state index contributed by atoms with van der Waals surface area (Å²) in [6.45, 7) is 0. The van der Waals surface area contributed by atoms with Crippen LogP contribution < -0.4 is 0 Å². The zero-order chi connectivity index (χ0) is 37.5. The molecule has 0 fully saturated rings. The van der Waals surface area contributed by atoms with Crippen LogP contribution in [0.15, 0.2) is 182 Å². The van der Waals surface area contributed by atoms with E-state index in [2.05, 4.69) is 150 Å². The zero-order valence-corrected chi connectivity index (χ0v) is 32.1. The summed E-state index contributed by atoms with van der Waals surface area (Å²) in [5.74, 6) is 2.00. The molecule has 8 aromatic carbocycles. The van der Waals surface area contributed by atoms with E-state index in [-0.39, 0.29) is 0 Å². The van der Waals surface area contributed by atoms with Crippen molar-refractivity contribution in [1.29, 1.82) is 0 Å². The first-order valence-corrected chi connectivity index (χ1v) is 20.6. The van der Waals surface area contributed by atoms with Crippen molar-refractivity contribution in [3.8, 4) is 51.0 Å². The highest BCUT2D eigenvalue weighted by molar-refractivity contribution is 7.26. The van der Waals surface area contributed by atoms with E-state index in [1.807, 2.05) is 59.1 Å². The lowest BCUT2D eigenvalue weighted by molar-refractivity contribution is 1.08. The highest BCUT2D eigenvalue weighted by Gasteiger charge is 2.18. The third kappa shape index (κ3) is 5.22. The topological polar surface area (TPSA) is 43.6 Å². The van der Waals surface area contributed by atoms with E-state index in [1.54, 1.807) is 0 Å². The molecule has 6 heteroatoms. The van der Waals surface area contributed by atoms with E-state index in [0.29, 0.717) is 17.5 Å². The quantitative estimate of drug-likeness (QED) is 0.175. The summed E-state index contributed by atoms with van der Waals surface area (Å²) < 4.78 is 7.42. The maximum absolute atomic E-state index is 5.11. The molecule has 0 saturated carbocycles. The Morgan fingerprint density at radius 2 is 0.912 bits per heavy atom. The fraction of sp³-hybridized carbons (Fsp3) is 0. The first-order chi connectivity index (χ1) is 28.2. The highest BCUT2D eigenvalue weighted by Crippen LogP contribution is 2.43. The van der Waals surface area contributed by atoms with Gasteiger partial charge in [0.25, 0.3) is 0 Å². The molecule has 266 valence electrons. The van der Waals surface area contributed by atoms with E-state index < -0.39 is 0 Å². The minimum Gasteiger partial charge on any atom is -0.309 e. The van der Waals surface area contributed by atoms with Gasteiger partial charge in [-0.1, -0.05) is 127 Å². The second kappa shape index (κ2) is 12.8. The average Bonchev–Trinajstić information content (AvgIpc) is 3.95. The van der Waals surface area contributed by atoms with Crippen molar-refractivity contribution in [2.75, 3.05) is 0 Å². The van der Waals surface area contributed by atoms with E-state index in [9.17, 15) is 0 Å². The number of aromatic nitrogens is 4. The molecule has 0 radical (unpaired) electrons. The van der Waals surface area contributed by atoms with Crippen LogP contribution in [0.1, 0.15) is 0 Å². The molecule has 4 nitrogen and oxygen atoms in total. The fourth-order valence-electron chi connectivity index (χ4n) is 8.41. The normalized spacial score (nSPS) is 11.9. The van der Waals surface area contributed by atoms with Crippen LogP contribution in [-0.2, 0) is 0 Å². The molecule has 57 heavy (non-hydrogen) atoms. The van der Waals surface area contributed by atoms with Gasteiger partial charge in [-0.15, -0.1) is 22.7 Å². The number of rotatable bonds is 5. The predicted molar refractivity (Wildman–Crippen MR) is 242 cm³/mol. The van der Waals surface area contributed by atoms with E-state index in [0.717, 1.165) is 16.7 Å². The lowest BCUT2D eigenvalue weighted by Gasteiger charge is -2.10. The second-order valence-corrected chi connectivity index (χ2v) is 16.6. The van der Waals surface area contributed by atoms with Gasteiger partial charge in [0.05, 0.1) is 11.0 Å². The Morgan fingerprint density at radius 1 is 0.333 bits per heavy atom. The molecule has 4 aromatic heterocycles. The number of fused-ring (bicyclic) bond motifs is 9. The Balaban J connectivity index is 0.985. The number of nitrogens with zero attached hydrogens (tertiary/aromatic N) is 4. The maximum Gasteiger partial charge on any atom is 0.164 e. The smallest absolute Gasteiger partial charge is 0.164 e. The van der Waals surface area contributed by atoms with Crippen LogP contribution in [0.2, 0.25) is 0 Å². The molecular weight excluding hydrogens is 733 g/mol. The lowest BCUT2D eigenvalue weighted by Crippen LogP contribution is -2.00. The van der Waals surface area contributed by atoms with Crippen molar-refractivity contribution >= 4 is 84.8 Å². The van der Waals surface area contributed by atoms with Crippen LogP contribution in [0.4, 0.5) is 0 Å². The molecule has 0 N–H and O–H groups in total. The summed E-state index contributed by atoms with van der Waals surface area (Å²) in [4.78, 5) is 15.2. The van der Waals surface area contributed by atoms with Gasteiger partial charge in [0, 0.05) is 73.5 Å². The molecule has 0 amide bonds. The molecule has 0 aliphatic heterocycles. The minimum absolute atomic E-state index is 0.663. The van der Waals surface area contributed by atoms with Crippen LogP contribution >= 0.6 is 22.7 Å². The Labute approximate surface area is 335 Å². The summed E-state index contributed by atoms with van der Waals surface area (Å²) >= 11 is 3.67. The Bertz CT molecular complexity index is 3410. The van der Waals surface area contributed by atoms with Crippen molar-refractivity contribution in [2.45, 2.75) is 0 Å². The maximum atomic E-state index is 5.11. The summed E-state index contributed by atoms with van der Waals surface area (Å²) in [6, 6.07) is 65.0. The highest BCUT2D eigenvalue weighted by atomic mass is 32.1. The first-order valence-electron chi connectivity index (χ1n) is 19.0. The van der Waals surface area contributed by atoms with Gasteiger partial charge in [0.1, 0.15) is 0 Å². The van der Waals surface area contributed by atoms with Crippen LogP contribution in [-0.4, -0.2) is 19.5 Å². The van der Waals surface area contributed by atoms with Crippen molar-refractivity contribution < 1.29 is 0 Å². The van der Waals surface area contributed by atoms with Crippen LogP contribution in [0, 0.1) is 0 Å². The molecular formula is C51H30N4S2. The largest absolute Gasteiger partial charge is 0.309 e. The molecule has 0 spiro atoms. The van der Waals surface area contributed by atoms with Crippen LogP contribution in [0.3, 0.4) is 0 Å². The van der Waals surface area contributed by atoms with Crippen molar-refractivity contribution in [3.05, 3.63) is 182 Å². The first kappa shape index (κ1) is 32.3. The fourth-order valence-corrected chi connectivity index (χ4v) is 10.6. The van der Waals surface area contributed by atoms with E-state index >= 15 is 0 Å². The molecule has 12 aromatic rings. The Hall–Kier alpha value is -6.99.